The van der Waals surface area contributed by atoms with Gasteiger partial charge in [0.05, 0.1) is 6.61 Å². The maximum Gasteiger partial charge on any atom is 0.251 e. The van der Waals surface area contributed by atoms with Crippen LogP contribution in [-0.2, 0) is 6.42 Å². The lowest BCUT2D eigenvalue weighted by Crippen LogP contribution is -2.34. The molecular formula is C20H25N5O3. The fourth-order valence-electron chi connectivity index (χ4n) is 3.68. The minimum Gasteiger partial charge on any atom is -0.474 e. The van der Waals surface area contributed by atoms with E-state index in [4.69, 9.17) is 9.84 Å². The average molecular weight is 383 g/mol. The molecule has 0 spiro atoms. The first kappa shape index (κ1) is 18.6. The van der Waals surface area contributed by atoms with Crippen LogP contribution in [0.3, 0.4) is 0 Å². The third kappa shape index (κ3) is 4.07. The number of carbonyl (C=O) groups excluding carboxylic acids is 1. The zero-order valence-corrected chi connectivity index (χ0v) is 15.7. The molecule has 2 aromatic rings. The fourth-order valence-corrected chi connectivity index (χ4v) is 3.68. The van der Waals surface area contributed by atoms with Gasteiger partial charge in [0, 0.05) is 30.4 Å². The summed E-state index contributed by atoms with van der Waals surface area (Å²) in [5, 5.41) is 14.9. The van der Waals surface area contributed by atoms with Crippen molar-refractivity contribution in [2.24, 2.45) is 0 Å². The molecule has 28 heavy (non-hydrogen) atoms. The van der Waals surface area contributed by atoms with Gasteiger partial charge >= 0.3 is 0 Å². The molecule has 1 saturated heterocycles. The number of benzene rings is 1. The summed E-state index contributed by atoms with van der Waals surface area (Å²) in [5.41, 5.74) is 2.76. The van der Waals surface area contributed by atoms with Crippen LogP contribution in [0, 0.1) is 0 Å². The third-order valence-corrected chi connectivity index (χ3v) is 5.11. The van der Waals surface area contributed by atoms with Crippen LogP contribution in [0.2, 0.25) is 0 Å². The van der Waals surface area contributed by atoms with Gasteiger partial charge < -0.3 is 25.4 Å². The quantitative estimate of drug-likeness (QED) is 0.685. The molecule has 8 nitrogen and oxygen atoms in total. The Morgan fingerprint density at radius 2 is 2.14 bits per heavy atom. The van der Waals surface area contributed by atoms with Crippen molar-refractivity contribution in [2.75, 3.05) is 37.7 Å². The minimum absolute atomic E-state index is 0.0695. The number of hydrogen-bond donors (Lipinski definition) is 3. The Bertz CT molecular complexity index is 838. The van der Waals surface area contributed by atoms with E-state index in [2.05, 4.69) is 25.5 Å². The highest BCUT2D eigenvalue weighted by Crippen LogP contribution is 2.35. The molecule has 0 radical (unpaired) electrons. The summed E-state index contributed by atoms with van der Waals surface area (Å²) in [6.45, 7) is 2.91. The van der Waals surface area contributed by atoms with E-state index < -0.39 is 0 Å². The predicted molar refractivity (Wildman–Crippen MR) is 105 cm³/mol. The molecule has 1 aromatic heterocycles. The summed E-state index contributed by atoms with van der Waals surface area (Å²) >= 11 is 0. The Morgan fingerprint density at radius 3 is 2.96 bits per heavy atom. The molecule has 3 N–H and O–H groups in total. The first-order valence-electron chi connectivity index (χ1n) is 9.73. The van der Waals surface area contributed by atoms with E-state index in [9.17, 15) is 4.79 Å². The maximum absolute atomic E-state index is 12.1. The van der Waals surface area contributed by atoms with E-state index in [0.29, 0.717) is 11.4 Å². The molecule has 1 fully saturated rings. The second-order valence-electron chi connectivity index (χ2n) is 7.01. The monoisotopic (exact) mass is 383 g/mol. The SMILES string of the molecule is O=C(NCCO)c1ccc2c(c1)CCN2c1cc(OC2CCNCC2)ncn1. The normalized spacial score (nSPS) is 16.7. The van der Waals surface area contributed by atoms with Crippen molar-refractivity contribution in [1.29, 1.82) is 0 Å². The van der Waals surface area contributed by atoms with Crippen molar-refractivity contribution in [3.05, 3.63) is 41.7 Å². The van der Waals surface area contributed by atoms with Crippen molar-refractivity contribution in [3.8, 4) is 5.88 Å². The number of ether oxygens (including phenoxy) is 1. The standard InChI is InChI=1S/C20H25N5O3/c26-10-8-22-20(27)15-1-2-17-14(11-15)5-9-25(17)18-12-19(24-13-23-18)28-16-3-6-21-7-4-16/h1-2,11-13,16,21,26H,3-10H2,(H,22,27). The molecule has 0 saturated carbocycles. The Hall–Kier alpha value is -2.71. The van der Waals surface area contributed by atoms with Crippen LogP contribution >= 0.6 is 0 Å². The molecule has 0 aliphatic carbocycles. The number of carbonyl (C=O) groups is 1. The van der Waals surface area contributed by atoms with Crippen LogP contribution in [0.5, 0.6) is 5.88 Å². The number of hydrogen-bond acceptors (Lipinski definition) is 7. The number of piperidine rings is 1. The summed E-state index contributed by atoms with van der Waals surface area (Å²) < 4.78 is 6.04. The molecule has 1 aromatic carbocycles. The number of nitrogens with one attached hydrogen (secondary N) is 2. The van der Waals surface area contributed by atoms with Crippen LogP contribution in [-0.4, -0.2) is 59.9 Å². The van der Waals surface area contributed by atoms with E-state index in [1.165, 1.54) is 0 Å². The molecular weight excluding hydrogens is 358 g/mol. The molecule has 3 heterocycles. The molecule has 148 valence electrons. The van der Waals surface area contributed by atoms with E-state index in [1.54, 1.807) is 12.4 Å². The molecule has 0 unspecified atom stereocenters. The number of anilines is 2. The molecule has 8 heteroatoms. The number of aromatic nitrogens is 2. The summed E-state index contributed by atoms with van der Waals surface area (Å²) in [6.07, 6.45) is 4.53. The van der Waals surface area contributed by atoms with Crippen molar-refractivity contribution >= 4 is 17.4 Å². The molecule has 2 aliphatic heterocycles. The van der Waals surface area contributed by atoms with E-state index in [0.717, 1.165) is 56.0 Å². The topological polar surface area (TPSA) is 99.6 Å². The second kappa shape index (κ2) is 8.53. The van der Waals surface area contributed by atoms with E-state index in [1.807, 2.05) is 18.2 Å². The van der Waals surface area contributed by atoms with Crippen LogP contribution < -0.4 is 20.3 Å². The minimum atomic E-state index is -0.171. The summed E-state index contributed by atoms with van der Waals surface area (Å²) in [4.78, 5) is 22.9. The fraction of sp³-hybridized carbons (Fsp3) is 0.450. The summed E-state index contributed by atoms with van der Waals surface area (Å²) in [5.74, 6) is 1.23. The van der Waals surface area contributed by atoms with Crippen LogP contribution in [0.1, 0.15) is 28.8 Å². The van der Waals surface area contributed by atoms with Gasteiger partial charge in [-0.15, -0.1) is 0 Å². The lowest BCUT2D eigenvalue weighted by molar-refractivity contribution is 0.0944. The zero-order chi connectivity index (χ0) is 19.3. The van der Waals surface area contributed by atoms with Gasteiger partial charge in [-0.1, -0.05) is 0 Å². The van der Waals surface area contributed by atoms with Crippen molar-refractivity contribution in [3.63, 3.8) is 0 Å². The van der Waals surface area contributed by atoms with Gasteiger partial charge in [0.1, 0.15) is 18.2 Å². The Balaban J connectivity index is 1.49. The van der Waals surface area contributed by atoms with Gasteiger partial charge in [0.2, 0.25) is 5.88 Å². The van der Waals surface area contributed by atoms with Gasteiger partial charge in [-0.05, 0) is 56.1 Å². The van der Waals surface area contributed by atoms with Gasteiger partial charge in [-0.25, -0.2) is 9.97 Å². The smallest absolute Gasteiger partial charge is 0.251 e. The first-order chi connectivity index (χ1) is 13.7. The molecule has 0 bridgehead atoms. The van der Waals surface area contributed by atoms with Gasteiger partial charge in [0.25, 0.3) is 5.91 Å². The Kier molecular flexibility index (Phi) is 5.68. The largest absolute Gasteiger partial charge is 0.474 e. The molecule has 1 amide bonds. The zero-order valence-electron chi connectivity index (χ0n) is 15.7. The maximum atomic E-state index is 12.1. The van der Waals surface area contributed by atoms with Crippen LogP contribution in [0.15, 0.2) is 30.6 Å². The highest BCUT2D eigenvalue weighted by Gasteiger charge is 2.24. The highest BCUT2D eigenvalue weighted by atomic mass is 16.5. The lowest BCUT2D eigenvalue weighted by atomic mass is 10.1. The predicted octanol–water partition coefficient (Wildman–Crippen LogP) is 1.02. The number of fused-ring (bicyclic) bond motifs is 1. The van der Waals surface area contributed by atoms with Gasteiger partial charge in [-0.2, -0.15) is 0 Å². The molecule has 2 aliphatic rings. The van der Waals surface area contributed by atoms with Crippen molar-refractivity contribution in [2.45, 2.75) is 25.4 Å². The summed E-state index contributed by atoms with van der Waals surface area (Å²) in [6, 6.07) is 7.55. The Labute approximate surface area is 163 Å². The van der Waals surface area contributed by atoms with Gasteiger partial charge in [0.15, 0.2) is 0 Å². The lowest BCUT2D eigenvalue weighted by Gasteiger charge is -2.24. The van der Waals surface area contributed by atoms with E-state index in [-0.39, 0.29) is 25.2 Å². The molecule has 4 rings (SSSR count). The number of aliphatic hydroxyl groups is 1. The first-order valence-corrected chi connectivity index (χ1v) is 9.73. The number of aliphatic hydroxyl groups excluding tert-OH is 1. The number of rotatable bonds is 6. The third-order valence-electron chi connectivity index (χ3n) is 5.11. The van der Waals surface area contributed by atoms with Gasteiger partial charge in [-0.3, -0.25) is 4.79 Å². The highest BCUT2D eigenvalue weighted by molar-refractivity contribution is 5.95. The average Bonchev–Trinajstić information content (AvgIpc) is 3.16. The van der Waals surface area contributed by atoms with Crippen LogP contribution in [0.25, 0.3) is 0 Å². The molecule has 0 atom stereocenters. The van der Waals surface area contributed by atoms with E-state index >= 15 is 0 Å². The van der Waals surface area contributed by atoms with Crippen LogP contribution in [0.4, 0.5) is 11.5 Å². The number of nitrogens with zero attached hydrogens (tertiary/aromatic N) is 3. The van der Waals surface area contributed by atoms with Crippen molar-refractivity contribution in [1.82, 2.24) is 20.6 Å². The Morgan fingerprint density at radius 1 is 1.29 bits per heavy atom. The summed E-state index contributed by atoms with van der Waals surface area (Å²) in [7, 11) is 0. The number of amides is 1. The van der Waals surface area contributed by atoms with Crippen molar-refractivity contribution < 1.29 is 14.6 Å². The second-order valence-corrected chi connectivity index (χ2v) is 7.01.